The molecule has 2 amide bonds. The van der Waals surface area contributed by atoms with Gasteiger partial charge in [-0.2, -0.15) is 0 Å². The van der Waals surface area contributed by atoms with Gasteiger partial charge in [-0.15, -0.1) is 0 Å². The Kier molecular flexibility index (Phi) is 5.77. The van der Waals surface area contributed by atoms with Crippen molar-refractivity contribution in [3.05, 3.63) is 35.1 Å². The zero-order valence-electron chi connectivity index (χ0n) is 13.7. The Balaban J connectivity index is 1.90. The van der Waals surface area contributed by atoms with E-state index < -0.39 is 0 Å². The minimum absolute atomic E-state index is 0.0574. The Bertz CT molecular complexity index is 513. The van der Waals surface area contributed by atoms with Crippen LogP contribution in [-0.4, -0.2) is 48.6 Å². The molecular weight excluding hydrogens is 281 g/mol. The van der Waals surface area contributed by atoms with E-state index in [-0.39, 0.29) is 11.8 Å². The molecule has 1 fully saturated rings. The monoisotopic (exact) mass is 307 g/mol. The van der Waals surface area contributed by atoms with Crippen molar-refractivity contribution in [2.75, 3.05) is 26.7 Å². The van der Waals surface area contributed by atoms with Gasteiger partial charge in [0.25, 0.3) is 0 Å². The van der Waals surface area contributed by atoms with Crippen molar-refractivity contribution in [2.24, 2.45) is 0 Å². The van der Waals surface area contributed by atoms with Crippen LogP contribution in [0.25, 0.3) is 0 Å². The van der Waals surface area contributed by atoms with Crippen molar-refractivity contribution in [3.8, 4) is 0 Å². The van der Waals surface area contributed by atoms with Crippen LogP contribution in [0.1, 0.15) is 30.9 Å². The summed E-state index contributed by atoms with van der Waals surface area (Å²) in [5.41, 5.74) is 1.41. The first-order valence-electron chi connectivity index (χ1n) is 7.99. The normalized spacial score (nSPS) is 16.5. The van der Waals surface area contributed by atoms with Gasteiger partial charge in [0, 0.05) is 19.1 Å². The molecular formula is C17H26FN3O. The summed E-state index contributed by atoms with van der Waals surface area (Å²) in [6, 6.07) is 5.33. The van der Waals surface area contributed by atoms with Gasteiger partial charge in [0.2, 0.25) is 0 Å². The number of likely N-dealkylation sites (tertiary alicyclic amines) is 1. The fourth-order valence-electron chi connectivity index (χ4n) is 2.90. The molecule has 5 heteroatoms. The molecule has 0 bridgehead atoms. The summed E-state index contributed by atoms with van der Waals surface area (Å²) < 4.78 is 13.5. The van der Waals surface area contributed by atoms with Crippen LogP contribution in [-0.2, 0) is 6.54 Å². The molecule has 0 radical (unpaired) electrons. The van der Waals surface area contributed by atoms with Crippen LogP contribution in [0.15, 0.2) is 18.2 Å². The lowest BCUT2D eigenvalue weighted by atomic mass is 10.0. The quantitative estimate of drug-likeness (QED) is 0.928. The third-order valence-electron chi connectivity index (χ3n) is 4.41. The predicted octanol–water partition coefficient (Wildman–Crippen LogP) is 2.76. The highest BCUT2D eigenvalue weighted by Crippen LogP contribution is 2.16. The van der Waals surface area contributed by atoms with E-state index in [2.05, 4.69) is 17.3 Å². The lowest BCUT2D eigenvalue weighted by molar-refractivity contribution is 0.135. The number of hydrogen-bond donors (Lipinski definition) is 1. The molecule has 1 aromatic carbocycles. The molecule has 0 atom stereocenters. The molecule has 1 heterocycles. The second kappa shape index (κ2) is 7.58. The van der Waals surface area contributed by atoms with Crippen molar-refractivity contribution < 1.29 is 9.18 Å². The van der Waals surface area contributed by atoms with E-state index in [0.717, 1.165) is 31.5 Å². The largest absolute Gasteiger partial charge is 0.334 e. The van der Waals surface area contributed by atoms with Gasteiger partial charge in [-0.05, 0) is 64.0 Å². The van der Waals surface area contributed by atoms with Crippen LogP contribution in [0.2, 0.25) is 0 Å². The van der Waals surface area contributed by atoms with Crippen molar-refractivity contribution in [2.45, 2.75) is 39.3 Å². The molecule has 1 aliphatic heterocycles. The zero-order valence-corrected chi connectivity index (χ0v) is 13.7. The molecule has 1 N–H and O–H groups in total. The number of aryl methyl sites for hydroxylation is 1. The van der Waals surface area contributed by atoms with Crippen molar-refractivity contribution in [1.82, 2.24) is 15.1 Å². The van der Waals surface area contributed by atoms with Crippen molar-refractivity contribution in [3.63, 3.8) is 0 Å². The van der Waals surface area contributed by atoms with E-state index in [0.29, 0.717) is 24.7 Å². The second-order valence-electron chi connectivity index (χ2n) is 6.06. The molecule has 2 rings (SSSR count). The third-order valence-corrected chi connectivity index (χ3v) is 4.41. The van der Waals surface area contributed by atoms with Crippen LogP contribution >= 0.6 is 0 Å². The molecule has 0 saturated carbocycles. The van der Waals surface area contributed by atoms with Gasteiger partial charge >= 0.3 is 6.03 Å². The number of rotatable bonds is 4. The fourth-order valence-corrected chi connectivity index (χ4v) is 2.90. The van der Waals surface area contributed by atoms with Crippen molar-refractivity contribution in [1.29, 1.82) is 0 Å². The molecule has 122 valence electrons. The average molecular weight is 307 g/mol. The molecule has 4 nitrogen and oxygen atoms in total. The zero-order chi connectivity index (χ0) is 16.1. The van der Waals surface area contributed by atoms with Crippen LogP contribution in [0.3, 0.4) is 0 Å². The minimum atomic E-state index is -0.227. The van der Waals surface area contributed by atoms with Crippen LogP contribution in [0.5, 0.6) is 0 Å². The molecule has 22 heavy (non-hydrogen) atoms. The van der Waals surface area contributed by atoms with Gasteiger partial charge in [-0.1, -0.05) is 12.1 Å². The van der Waals surface area contributed by atoms with Crippen LogP contribution < -0.4 is 5.32 Å². The number of halogens is 1. The summed E-state index contributed by atoms with van der Waals surface area (Å²) >= 11 is 0. The van der Waals surface area contributed by atoms with Gasteiger partial charge < -0.3 is 15.1 Å². The molecule has 0 aliphatic carbocycles. The molecule has 1 saturated heterocycles. The Morgan fingerprint density at radius 1 is 1.41 bits per heavy atom. The lowest BCUT2D eigenvalue weighted by Gasteiger charge is -2.36. The van der Waals surface area contributed by atoms with Gasteiger partial charge in [-0.3, -0.25) is 0 Å². The summed E-state index contributed by atoms with van der Waals surface area (Å²) in [6.07, 6.45) is 2.02. The van der Waals surface area contributed by atoms with E-state index >= 15 is 0 Å². The number of hydrogen-bond acceptors (Lipinski definition) is 2. The summed E-state index contributed by atoms with van der Waals surface area (Å²) in [5.74, 6) is -0.227. The number of carbonyl (C=O) groups excluding carboxylic acids is 1. The highest BCUT2D eigenvalue weighted by atomic mass is 19.1. The van der Waals surface area contributed by atoms with Crippen LogP contribution in [0, 0.1) is 12.7 Å². The summed E-state index contributed by atoms with van der Waals surface area (Å²) in [6.45, 7) is 6.84. The SMILES string of the molecule is CCN(C(=O)NCc1ccc(C)c(F)c1)C1CCN(C)CC1. The van der Waals surface area contributed by atoms with E-state index in [1.807, 2.05) is 17.9 Å². The maximum atomic E-state index is 13.5. The number of urea groups is 1. The maximum Gasteiger partial charge on any atom is 0.317 e. The van der Waals surface area contributed by atoms with E-state index in [1.165, 1.54) is 6.07 Å². The second-order valence-corrected chi connectivity index (χ2v) is 6.06. The summed E-state index contributed by atoms with van der Waals surface area (Å²) in [5, 5.41) is 2.91. The summed E-state index contributed by atoms with van der Waals surface area (Å²) in [7, 11) is 2.11. The Hall–Kier alpha value is -1.62. The first-order valence-corrected chi connectivity index (χ1v) is 7.99. The van der Waals surface area contributed by atoms with Gasteiger partial charge in [0.1, 0.15) is 5.82 Å². The smallest absolute Gasteiger partial charge is 0.317 e. The van der Waals surface area contributed by atoms with E-state index in [4.69, 9.17) is 0 Å². The van der Waals surface area contributed by atoms with E-state index in [9.17, 15) is 9.18 Å². The molecule has 1 aliphatic rings. The number of benzene rings is 1. The predicted molar refractivity (Wildman–Crippen MR) is 86.3 cm³/mol. The fraction of sp³-hybridized carbons (Fsp3) is 0.588. The van der Waals surface area contributed by atoms with Crippen LogP contribution in [0.4, 0.5) is 9.18 Å². The topological polar surface area (TPSA) is 35.6 Å². The number of nitrogens with one attached hydrogen (secondary N) is 1. The Morgan fingerprint density at radius 2 is 2.09 bits per heavy atom. The van der Waals surface area contributed by atoms with Gasteiger partial charge in [-0.25, -0.2) is 9.18 Å². The lowest BCUT2D eigenvalue weighted by Crippen LogP contribution is -2.49. The van der Waals surface area contributed by atoms with E-state index in [1.54, 1.807) is 13.0 Å². The minimum Gasteiger partial charge on any atom is -0.334 e. The number of piperidine rings is 1. The third kappa shape index (κ3) is 4.19. The number of nitrogens with zero attached hydrogens (tertiary/aromatic N) is 2. The Morgan fingerprint density at radius 3 is 2.68 bits per heavy atom. The Labute approximate surface area is 132 Å². The summed E-state index contributed by atoms with van der Waals surface area (Å²) in [4.78, 5) is 16.6. The maximum absolute atomic E-state index is 13.5. The highest BCUT2D eigenvalue weighted by molar-refractivity contribution is 5.74. The molecule has 0 unspecified atom stereocenters. The first-order chi connectivity index (χ1) is 10.5. The van der Waals surface area contributed by atoms with Gasteiger partial charge in [0.15, 0.2) is 0 Å². The molecule has 0 spiro atoms. The standard InChI is InChI=1S/C17H26FN3O/c1-4-21(15-7-9-20(3)10-8-15)17(22)19-12-14-6-5-13(2)16(18)11-14/h5-6,11,15H,4,7-10,12H2,1-3H3,(H,19,22). The number of carbonyl (C=O) groups is 1. The highest BCUT2D eigenvalue weighted by Gasteiger charge is 2.25. The number of amides is 2. The molecule has 1 aromatic rings. The average Bonchev–Trinajstić information content (AvgIpc) is 2.51. The first kappa shape index (κ1) is 16.7. The molecule has 0 aromatic heterocycles. The van der Waals surface area contributed by atoms with Crippen molar-refractivity contribution >= 4 is 6.03 Å². The van der Waals surface area contributed by atoms with Gasteiger partial charge in [0.05, 0.1) is 0 Å².